The maximum Gasteiger partial charge on any atom is 0.235 e. The van der Waals surface area contributed by atoms with Crippen molar-refractivity contribution in [2.45, 2.75) is 32.9 Å². The smallest absolute Gasteiger partial charge is 0.235 e. The van der Waals surface area contributed by atoms with E-state index < -0.39 is 0 Å². The van der Waals surface area contributed by atoms with Crippen LogP contribution in [-0.4, -0.2) is 29.6 Å². The third-order valence-electron chi connectivity index (χ3n) is 1.90. The minimum Gasteiger partial charge on any atom is -0.345 e. The molecule has 78 valence electrons. The fraction of sp³-hybridized carbons (Fsp3) is 0.900. The fourth-order valence-corrected chi connectivity index (χ4v) is 1.35. The van der Waals surface area contributed by atoms with E-state index >= 15 is 0 Å². The Kier molecular flexibility index (Phi) is 5.45. The van der Waals surface area contributed by atoms with Gasteiger partial charge in [-0.25, -0.2) is 0 Å². The molecular weight excluding hydrogens is 182 g/mol. The average Bonchev–Trinajstić information content (AvgIpc) is 2.00. The Hall–Kier alpha value is -0.180. The van der Waals surface area contributed by atoms with Gasteiger partial charge in [0, 0.05) is 13.6 Å². The molecule has 0 rings (SSSR count). The molecule has 1 amide bonds. The van der Waals surface area contributed by atoms with Gasteiger partial charge in [0.05, 0.1) is 5.25 Å². The molecule has 0 spiro atoms. The largest absolute Gasteiger partial charge is 0.345 e. The lowest BCUT2D eigenvalue weighted by atomic mass is 10.1. The second kappa shape index (κ2) is 5.53. The quantitative estimate of drug-likeness (QED) is 0.693. The minimum atomic E-state index is -0.163. The molecule has 0 aliphatic heterocycles. The van der Waals surface area contributed by atoms with Crippen LogP contribution in [0.4, 0.5) is 0 Å². The second-order valence-electron chi connectivity index (χ2n) is 4.30. The molecule has 0 heterocycles. The summed E-state index contributed by atoms with van der Waals surface area (Å²) in [6.07, 6.45) is 0. The molecule has 1 unspecified atom stereocenters. The van der Waals surface area contributed by atoms with E-state index in [4.69, 9.17) is 0 Å². The van der Waals surface area contributed by atoms with Crippen LogP contribution in [0.15, 0.2) is 0 Å². The van der Waals surface area contributed by atoms with Gasteiger partial charge in [0.25, 0.3) is 0 Å². The van der Waals surface area contributed by atoms with Crippen LogP contribution in [0.5, 0.6) is 0 Å². The van der Waals surface area contributed by atoms with E-state index in [0.717, 1.165) is 6.54 Å². The number of rotatable bonds is 4. The summed E-state index contributed by atoms with van der Waals surface area (Å²) in [6.45, 7) is 9.04. The van der Waals surface area contributed by atoms with Crippen molar-refractivity contribution in [2.24, 2.45) is 11.8 Å². The molecular formula is C10H21NOS. The second-order valence-corrected chi connectivity index (χ2v) is 4.86. The number of thiol groups is 1. The van der Waals surface area contributed by atoms with E-state index in [2.05, 4.69) is 26.5 Å². The SMILES string of the molecule is CC(C)CN(C)C(=O)C(S)C(C)C. The van der Waals surface area contributed by atoms with Crippen LogP contribution in [-0.2, 0) is 4.79 Å². The predicted octanol–water partition coefficient (Wildman–Crippen LogP) is 2.06. The maximum atomic E-state index is 11.7. The van der Waals surface area contributed by atoms with Crippen molar-refractivity contribution in [3.8, 4) is 0 Å². The molecule has 0 fully saturated rings. The summed E-state index contributed by atoms with van der Waals surface area (Å²) >= 11 is 4.29. The molecule has 0 bridgehead atoms. The highest BCUT2D eigenvalue weighted by Crippen LogP contribution is 2.12. The molecule has 0 aromatic heterocycles. The molecule has 0 saturated heterocycles. The van der Waals surface area contributed by atoms with Gasteiger partial charge in [-0.05, 0) is 11.8 Å². The van der Waals surface area contributed by atoms with Gasteiger partial charge in [0.1, 0.15) is 0 Å². The van der Waals surface area contributed by atoms with Crippen molar-refractivity contribution in [3.05, 3.63) is 0 Å². The highest BCUT2D eigenvalue weighted by Gasteiger charge is 2.21. The maximum absolute atomic E-state index is 11.7. The van der Waals surface area contributed by atoms with Crippen molar-refractivity contribution in [3.63, 3.8) is 0 Å². The van der Waals surface area contributed by atoms with E-state index in [-0.39, 0.29) is 11.2 Å². The average molecular weight is 203 g/mol. The van der Waals surface area contributed by atoms with Crippen molar-refractivity contribution in [1.29, 1.82) is 0 Å². The summed E-state index contributed by atoms with van der Waals surface area (Å²) in [7, 11) is 1.84. The zero-order valence-corrected chi connectivity index (χ0v) is 10.1. The molecule has 0 aromatic carbocycles. The lowest BCUT2D eigenvalue weighted by Gasteiger charge is -2.24. The first-order valence-electron chi connectivity index (χ1n) is 4.79. The van der Waals surface area contributed by atoms with Gasteiger partial charge in [-0.1, -0.05) is 27.7 Å². The van der Waals surface area contributed by atoms with E-state index in [0.29, 0.717) is 11.8 Å². The summed E-state index contributed by atoms with van der Waals surface area (Å²) in [5.74, 6) is 0.944. The molecule has 0 N–H and O–H groups in total. The molecule has 0 saturated carbocycles. The van der Waals surface area contributed by atoms with Gasteiger partial charge < -0.3 is 4.90 Å². The monoisotopic (exact) mass is 203 g/mol. The van der Waals surface area contributed by atoms with Crippen LogP contribution in [0, 0.1) is 11.8 Å². The van der Waals surface area contributed by atoms with Crippen LogP contribution in [0.25, 0.3) is 0 Å². The molecule has 3 heteroatoms. The fourth-order valence-electron chi connectivity index (χ4n) is 1.15. The Balaban J connectivity index is 4.09. The Bertz CT molecular complexity index is 168. The summed E-state index contributed by atoms with van der Waals surface area (Å²) in [4.78, 5) is 13.4. The number of carbonyl (C=O) groups is 1. The number of carbonyl (C=O) groups excluding carboxylic acids is 1. The predicted molar refractivity (Wildman–Crippen MR) is 60.1 cm³/mol. The number of amides is 1. The van der Waals surface area contributed by atoms with Gasteiger partial charge in [-0.3, -0.25) is 4.79 Å². The van der Waals surface area contributed by atoms with Crippen molar-refractivity contribution in [1.82, 2.24) is 4.90 Å². The highest BCUT2D eigenvalue weighted by atomic mass is 32.1. The lowest BCUT2D eigenvalue weighted by molar-refractivity contribution is -0.130. The molecule has 0 radical (unpaired) electrons. The Morgan fingerprint density at radius 1 is 1.31 bits per heavy atom. The summed E-state index contributed by atoms with van der Waals surface area (Å²) in [5, 5.41) is -0.163. The zero-order valence-electron chi connectivity index (χ0n) is 9.24. The van der Waals surface area contributed by atoms with Crippen molar-refractivity contribution >= 4 is 18.5 Å². The molecule has 0 aromatic rings. The third kappa shape index (κ3) is 4.55. The van der Waals surface area contributed by atoms with E-state index in [1.807, 2.05) is 20.9 Å². The van der Waals surface area contributed by atoms with Crippen LogP contribution in [0.1, 0.15) is 27.7 Å². The molecule has 0 aliphatic rings. The minimum absolute atomic E-state index is 0.132. The highest BCUT2D eigenvalue weighted by molar-refractivity contribution is 7.81. The first-order valence-corrected chi connectivity index (χ1v) is 5.31. The van der Waals surface area contributed by atoms with Gasteiger partial charge in [0.15, 0.2) is 0 Å². The summed E-state index contributed by atoms with van der Waals surface area (Å²) in [5.41, 5.74) is 0. The van der Waals surface area contributed by atoms with Gasteiger partial charge >= 0.3 is 0 Å². The van der Waals surface area contributed by atoms with E-state index in [1.54, 1.807) is 4.90 Å². The standard InChI is InChI=1S/C10H21NOS/c1-7(2)6-11(5)10(12)9(13)8(3)4/h7-9,13H,6H2,1-5H3. The van der Waals surface area contributed by atoms with Crippen LogP contribution in [0.2, 0.25) is 0 Å². The van der Waals surface area contributed by atoms with Gasteiger partial charge in [0.2, 0.25) is 5.91 Å². The van der Waals surface area contributed by atoms with Gasteiger partial charge in [-0.2, -0.15) is 12.6 Å². The zero-order chi connectivity index (χ0) is 10.6. The number of hydrogen-bond donors (Lipinski definition) is 1. The Morgan fingerprint density at radius 3 is 2.08 bits per heavy atom. The topological polar surface area (TPSA) is 20.3 Å². The summed E-state index contributed by atoms with van der Waals surface area (Å²) < 4.78 is 0. The van der Waals surface area contributed by atoms with Crippen LogP contribution in [0.3, 0.4) is 0 Å². The van der Waals surface area contributed by atoms with Crippen LogP contribution < -0.4 is 0 Å². The van der Waals surface area contributed by atoms with E-state index in [1.165, 1.54) is 0 Å². The normalized spacial score (nSPS) is 13.5. The number of hydrogen-bond acceptors (Lipinski definition) is 2. The number of nitrogens with zero attached hydrogens (tertiary/aromatic N) is 1. The first-order chi connectivity index (χ1) is 5.86. The Morgan fingerprint density at radius 2 is 1.77 bits per heavy atom. The van der Waals surface area contributed by atoms with E-state index in [9.17, 15) is 4.79 Å². The van der Waals surface area contributed by atoms with Crippen molar-refractivity contribution in [2.75, 3.05) is 13.6 Å². The molecule has 2 nitrogen and oxygen atoms in total. The van der Waals surface area contributed by atoms with Gasteiger partial charge in [-0.15, -0.1) is 0 Å². The first kappa shape index (κ1) is 12.8. The molecule has 13 heavy (non-hydrogen) atoms. The summed E-state index contributed by atoms with van der Waals surface area (Å²) in [6, 6.07) is 0. The Labute approximate surface area is 87.1 Å². The lowest BCUT2D eigenvalue weighted by Crippen LogP contribution is -2.38. The molecule has 0 aliphatic carbocycles. The third-order valence-corrected chi connectivity index (χ3v) is 2.72. The molecule has 1 atom stereocenters. The van der Waals surface area contributed by atoms with Crippen LogP contribution >= 0.6 is 12.6 Å². The van der Waals surface area contributed by atoms with Crippen molar-refractivity contribution < 1.29 is 4.79 Å².